The second-order valence-electron chi connectivity index (χ2n) is 6.09. The zero-order chi connectivity index (χ0) is 16.5. The SMILES string of the molecule is O=C(C1=COCCC1)N1CCc2[nH]cnc2[C@@H]1c1ccc(Cl)cc1. The number of halogens is 1. The summed E-state index contributed by atoms with van der Waals surface area (Å²) in [6.45, 7) is 1.33. The normalized spacial score (nSPS) is 20.1. The average molecular weight is 344 g/mol. The van der Waals surface area contributed by atoms with Crippen molar-refractivity contribution >= 4 is 17.5 Å². The molecule has 124 valence electrons. The first kappa shape index (κ1) is 15.3. The number of aromatic nitrogens is 2. The molecule has 6 heteroatoms. The fourth-order valence-electron chi connectivity index (χ4n) is 3.38. The molecule has 1 aromatic carbocycles. The Balaban J connectivity index is 1.73. The molecule has 2 aromatic rings. The fraction of sp³-hybridized carbons (Fsp3) is 0.333. The minimum absolute atomic E-state index is 0.0308. The summed E-state index contributed by atoms with van der Waals surface area (Å²) in [7, 11) is 0. The monoisotopic (exact) mass is 343 g/mol. The van der Waals surface area contributed by atoms with Crippen LogP contribution in [0.5, 0.6) is 0 Å². The van der Waals surface area contributed by atoms with Crippen LogP contribution >= 0.6 is 11.6 Å². The van der Waals surface area contributed by atoms with Crippen molar-refractivity contribution < 1.29 is 9.53 Å². The molecule has 24 heavy (non-hydrogen) atoms. The highest BCUT2D eigenvalue weighted by Gasteiger charge is 2.35. The number of nitrogens with zero attached hydrogens (tertiary/aromatic N) is 2. The van der Waals surface area contributed by atoms with Crippen molar-refractivity contribution in [2.75, 3.05) is 13.2 Å². The lowest BCUT2D eigenvalue weighted by Crippen LogP contribution is -2.41. The van der Waals surface area contributed by atoms with E-state index in [0.717, 1.165) is 41.8 Å². The number of aromatic amines is 1. The predicted octanol–water partition coefficient (Wildman–Crippen LogP) is 3.23. The molecule has 0 bridgehead atoms. The van der Waals surface area contributed by atoms with Crippen LogP contribution in [-0.4, -0.2) is 33.9 Å². The number of rotatable bonds is 2. The van der Waals surface area contributed by atoms with Crippen LogP contribution < -0.4 is 0 Å². The van der Waals surface area contributed by atoms with Crippen LogP contribution in [0.3, 0.4) is 0 Å². The van der Waals surface area contributed by atoms with E-state index in [4.69, 9.17) is 16.3 Å². The van der Waals surface area contributed by atoms with E-state index < -0.39 is 0 Å². The summed E-state index contributed by atoms with van der Waals surface area (Å²) in [5.41, 5.74) is 3.75. The van der Waals surface area contributed by atoms with Gasteiger partial charge in [-0.25, -0.2) is 4.98 Å². The standard InChI is InChI=1S/C18H18ClN3O2/c19-14-5-3-12(4-6-14)17-16-15(20-11-21-16)7-8-22(17)18(23)13-2-1-9-24-10-13/h3-6,10-11,17H,1-2,7-9H2,(H,20,21)/t17-/m0/s1. The van der Waals surface area contributed by atoms with Crippen LogP contribution in [0.2, 0.25) is 5.02 Å². The van der Waals surface area contributed by atoms with E-state index in [1.54, 1.807) is 12.6 Å². The van der Waals surface area contributed by atoms with Gasteiger partial charge in [0.05, 0.1) is 30.5 Å². The highest BCUT2D eigenvalue weighted by atomic mass is 35.5. The molecule has 5 nitrogen and oxygen atoms in total. The summed E-state index contributed by atoms with van der Waals surface area (Å²) in [6, 6.07) is 7.42. The van der Waals surface area contributed by atoms with Crippen molar-refractivity contribution in [3.05, 3.63) is 64.4 Å². The van der Waals surface area contributed by atoms with Crippen LogP contribution in [0.15, 0.2) is 42.4 Å². The first-order valence-corrected chi connectivity index (χ1v) is 8.51. The third-order valence-electron chi connectivity index (χ3n) is 4.58. The minimum Gasteiger partial charge on any atom is -0.501 e. The number of carbonyl (C=O) groups excluding carboxylic acids is 1. The lowest BCUT2D eigenvalue weighted by molar-refractivity contribution is -0.129. The van der Waals surface area contributed by atoms with E-state index in [2.05, 4.69) is 9.97 Å². The Labute approximate surface area is 145 Å². The quantitative estimate of drug-likeness (QED) is 0.910. The van der Waals surface area contributed by atoms with Gasteiger partial charge in [-0.1, -0.05) is 23.7 Å². The highest BCUT2D eigenvalue weighted by molar-refractivity contribution is 6.30. The van der Waals surface area contributed by atoms with Crippen molar-refractivity contribution in [1.82, 2.24) is 14.9 Å². The van der Waals surface area contributed by atoms with E-state index in [1.165, 1.54) is 0 Å². The van der Waals surface area contributed by atoms with Crippen LogP contribution in [0.25, 0.3) is 0 Å². The number of fused-ring (bicyclic) bond motifs is 1. The van der Waals surface area contributed by atoms with Gasteiger partial charge in [0.15, 0.2) is 0 Å². The maximum absolute atomic E-state index is 13.0. The van der Waals surface area contributed by atoms with Crippen LogP contribution in [0, 0.1) is 0 Å². The molecular weight excluding hydrogens is 326 g/mol. The minimum atomic E-state index is -0.201. The average Bonchev–Trinajstić information content (AvgIpc) is 3.10. The Bertz CT molecular complexity index is 782. The molecule has 1 atom stereocenters. The van der Waals surface area contributed by atoms with Gasteiger partial charge < -0.3 is 14.6 Å². The molecular formula is C18H18ClN3O2. The summed E-state index contributed by atoms with van der Waals surface area (Å²) < 4.78 is 5.36. The van der Waals surface area contributed by atoms with Crippen molar-refractivity contribution in [2.24, 2.45) is 0 Å². The molecule has 1 N–H and O–H groups in total. The molecule has 0 spiro atoms. The number of benzene rings is 1. The maximum atomic E-state index is 13.0. The number of imidazole rings is 1. The number of nitrogens with one attached hydrogen (secondary N) is 1. The second-order valence-corrected chi connectivity index (χ2v) is 6.52. The summed E-state index contributed by atoms with van der Waals surface area (Å²) in [5, 5.41) is 0.679. The third-order valence-corrected chi connectivity index (χ3v) is 4.83. The van der Waals surface area contributed by atoms with Gasteiger partial charge in [-0.3, -0.25) is 4.79 Å². The number of ether oxygens (including phenoxy) is 1. The Kier molecular flexibility index (Phi) is 4.02. The van der Waals surface area contributed by atoms with Crippen LogP contribution in [0.4, 0.5) is 0 Å². The Hall–Kier alpha value is -2.27. The predicted molar refractivity (Wildman–Crippen MR) is 90.6 cm³/mol. The van der Waals surface area contributed by atoms with E-state index >= 15 is 0 Å². The molecule has 3 heterocycles. The third kappa shape index (κ3) is 2.69. The first-order valence-electron chi connectivity index (χ1n) is 8.13. The van der Waals surface area contributed by atoms with Gasteiger partial charge in [-0.15, -0.1) is 0 Å². The number of hydrogen-bond donors (Lipinski definition) is 1. The number of hydrogen-bond acceptors (Lipinski definition) is 3. The molecule has 0 radical (unpaired) electrons. The summed E-state index contributed by atoms with van der Waals surface area (Å²) in [6.07, 6.45) is 5.73. The summed E-state index contributed by atoms with van der Waals surface area (Å²) >= 11 is 6.02. The Morgan fingerprint density at radius 1 is 1.29 bits per heavy atom. The van der Waals surface area contributed by atoms with Gasteiger partial charge in [0, 0.05) is 23.7 Å². The molecule has 2 aliphatic heterocycles. The van der Waals surface area contributed by atoms with Crippen LogP contribution in [0.1, 0.15) is 35.8 Å². The second kappa shape index (κ2) is 6.32. The largest absolute Gasteiger partial charge is 0.501 e. The maximum Gasteiger partial charge on any atom is 0.253 e. The van der Waals surface area contributed by atoms with E-state index in [-0.39, 0.29) is 11.9 Å². The first-order chi connectivity index (χ1) is 11.7. The Morgan fingerprint density at radius 2 is 2.12 bits per heavy atom. The molecule has 0 aliphatic carbocycles. The van der Waals surface area contributed by atoms with Crippen LogP contribution in [-0.2, 0) is 16.0 Å². The number of H-pyrrole nitrogens is 1. The number of carbonyl (C=O) groups is 1. The number of amides is 1. The van der Waals surface area contributed by atoms with Gasteiger partial charge in [-0.05, 0) is 30.5 Å². The van der Waals surface area contributed by atoms with Crippen molar-refractivity contribution in [3.63, 3.8) is 0 Å². The zero-order valence-corrected chi connectivity index (χ0v) is 13.9. The van der Waals surface area contributed by atoms with Crippen molar-refractivity contribution in [1.29, 1.82) is 0 Å². The van der Waals surface area contributed by atoms with Crippen molar-refractivity contribution in [3.8, 4) is 0 Å². The van der Waals surface area contributed by atoms with E-state index in [9.17, 15) is 4.79 Å². The fourth-order valence-corrected chi connectivity index (χ4v) is 3.51. The van der Waals surface area contributed by atoms with Gasteiger partial charge in [0.25, 0.3) is 5.91 Å². The molecule has 1 amide bonds. The van der Waals surface area contributed by atoms with E-state index in [1.807, 2.05) is 29.2 Å². The molecule has 2 aliphatic rings. The van der Waals surface area contributed by atoms with Gasteiger partial charge in [0.1, 0.15) is 6.04 Å². The molecule has 1 aromatic heterocycles. The zero-order valence-electron chi connectivity index (χ0n) is 13.2. The highest BCUT2D eigenvalue weighted by Crippen LogP contribution is 2.35. The molecule has 0 saturated heterocycles. The Morgan fingerprint density at radius 3 is 2.88 bits per heavy atom. The van der Waals surface area contributed by atoms with E-state index in [0.29, 0.717) is 18.2 Å². The lowest BCUT2D eigenvalue weighted by Gasteiger charge is -2.36. The topological polar surface area (TPSA) is 58.2 Å². The van der Waals surface area contributed by atoms with Crippen molar-refractivity contribution in [2.45, 2.75) is 25.3 Å². The van der Waals surface area contributed by atoms with Gasteiger partial charge in [0.2, 0.25) is 0 Å². The van der Waals surface area contributed by atoms with Gasteiger partial charge in [-0.2, -0.15) is 0 Å². The summed E-state index contributed by atoms with van der Waals surface area (Å²) in [4.78, 5) is 22.6. The molecule has 4 rings (SSSR count). The smallest absolute Gasteiger partial charge is 0.253 e. The van der Waals surface area contributed by atoms with Gasteiger partial charge >= 0.3 is 0 Å². The lowest BCUT2D eigenvalue weighted by atomic mass is 9.94. The summed E-state index contributed by atoms with van der Waals surface area (Å²) in [5.74, 6) is 0.0308. The molecule has 0 saturated carbocycles. The molecule has 0 fully saturated rings. The molecule has 0 unspecified atom stereocenters.